The van der Waals surface area contributed by atoms with E-state index in [1.807, 2.05) is 13.1 Å². The number of nitrogens with two attached hydrogens (primary N) is 1. The SMILES string of the molecule is C=C/C(C)=C\N(N)C1CNC1. The number of nitrogens with one attached hydrogen (secondary N) is 1. The molecule has 0 atom stereocenters. The molecule has 1 rings (SSSR count). The van der Waals surface area contributed by atoms with E-state index in [1.54, 1.807) is 11.1 Å². The molecule has 0 amide bonds. The van der Waals surface area contributed by atoms with E-state index in [4.69, 9.17) is 5.84 Å². The van der Waals surface area contributed by atoms with Crippen LogP contribution in [0.2, 0.25) is 0 Å². The Labute approximate surface area is 67.5 Å². The Hall–Kier alpha value is -0.800. The Morgan fingerprint density at radius 2 is 2.36 bits per heavy atom. The van der Waals surface area contributed by atoms with E-state index in [1.165, 1.54) is 0 Å². The van der Waals surface area contributed by atoms with Crippen molar-refractivity contribution >= 4 is 0 Å². The van der Waals surface area contributed by atoms with Crippen molar-refractivity contribution in [2.24, 2.45) is 5.84 Å². The van der Waals surface area contributed by atoms with Crippen molar-refractivity contribution in [2.75, 3.05) is 13.1 Å². The molecular weight excluding hydrogens is 138 g/mol. The Morgan fingerprint density at radius 3 is 2.73 bits per heavy atom. The summed E-state index contributed by atoms with van der Waals surface area (Å²) < 4.78 is 0. The van der Waals surface area contributed by atoms with Gasteiger partial charge in [0.2, 0.25) is 0 Å². The molecular formula is C8H15N3. The molecule has 1 aliphatic rings. The highest BCUT2D eigenvalue weighted by Gasteiger charge is 2.19. The van der Waals surface area contributed by atoms with Crippen LogP contribution in [0.25, 0.3) is 0 Å². The molecule has 3 heteroatoms. The van der Waals surface area contributed by atoms with Crippen molar-refractivity contribution in [3.8, 4) is 0 Å². The summed E-state index contributed by atoms with van der Waals surface area (Å²) in [6.07, 6.45) is 3.71. The Morgan fingerprint density at radius 1 is 1.73 bits per heavy atom. The first-order chi connectivity index (χ1) is 5.24. The molecule has 62 valence electrons. The number of hydrogen-bond donors (Lipinski definition) is 2. The van der Waals surface area contributed by atoms with Gasteiger partial charge in [-0.3, -0.25) is 0 Å². The van der Waals surface area contributed by atoms with Gasteiger partial charge in [-0.05, 0) is 12.5 Å². The summed E-state index contributed by atoms with van der Waals surface area (Å²) in [5, 5.41) is 4.90. The van der Waals surface area contributed by atoms with Crippen LogP contribution < -0.4 is 11.2 Å². The van der Waals surface area contributed by atoms with Crippen LogP contribution in [0.4, 0.5) is 0 Å². The fraction of sp³-hybridized carbons (Fsp3) is 0.500. The number of rotatable bonds is 3. The van der Waals surface area contributed by atoms with Crippen LogP contribution in [0, 0.1) is 0 Å². The molecule has 0 spiro atoms. The lowest BCUT2D eigenvalue weighted by Gasteiger charge is -2.34. The van der Waals surface area contributed by atoms with Gasteiger partial charge in [-0.1, -0.05) is 12.7 Å². The zero-order valence-corrected chi connectivity index (χ0v) is 6.88. The van der Waals surface area contributed by atoms with Gasteiger partial charge in [0.1, 0.15) is 0 Å². The molecule has 1 saturated heterocycles. The summed E-state index contributed by atoms with van der Waals surface area (Å²) in [5.41, 5.74) is 1.10. The maximum absolute atomic E-state index is 5.72. The van der Waals surface area contributed by atoms with Crippen molar-refractivity contribution in [1.82, 2.24) is 10.3 Å². The number of hydrogen-bond acceptors (Lipinski definition) is 3. The van der Waals surface area contributed by atoms with Crippen molar-refractivity contribution in [1.29, 1.82) is 0 Å². The summed E-state index contributed by atoms with van der Waals surface area (Å²) >= 11 is 0. The molecule has 0 saturated carbocycles. The summed E-state index contributed by atoms with van der Waals surface area (Å²) in [6.45, 7) is 7.60. The van der Waals surface area contributed by atoms with Crippen molar-refractivity contribution < 1.29 is 0 Å². The molecule has 0 aromatic carbocycles. The van der Waals surface area contributed by atoms with E-state index in [0.29, 0.717) is 6.04 Å². The molecule has 0 radical (unpaired) electrons. The molecule has 0 aromatic rings. The molecule has 0 bridgehead atoms. The van der Waals surface area contributed by atoms with E-state index in [0.717, 1.165) is 18.7 Å². The fourth-order valence-corrected chi connectivity index (χ4v) is 0.878. The van der Waals surface area contributed by atoms with Crippen molar-refractivity contribution in [3.05, 3.63) is 24.4 Å². The molecule has 1 heterocycles. The minimum Gasteiger partial charge on any atom is -0.312 e. The quantitative estimate of drug-likeness (QED) is 0.346. The van der Waals surface area contributed by atoms with E-state index in [-0.39, 0.29) is 0 Å². The minimum absolute atomic E-state index is 0.463. The van der Waals surface area contributed by atoms with Crippen LogP contribution in [-0.2, 0) is 0 Å². The highest BCUT2D eigenvalue weighted by Crippen LogP contribution is 2.02. The summed E-state index contributed by atoms with van der Waals surface area (Å²) in [4.78, 5) is 0. The number of nitrogens with zero attached hydrogens (tertiary/aromatic N) is 1. The Kier molecular flexibility index (Phi) is 2.68. The third-order valence-corrected chi connectivity index (χ3v) is 1.86. The zero-order valence-electron chi connectivity index (χ0n) is 6.88. The molecule has 1 aliphatic heterocycles. The van der Waals surface area contributed by atoms with E-state index in [9.17, 15) is 0 Å². The van der Waals surface area contributed by atoms with Gasteiger partial charge in [-0.25, -0.2) is 5.84 Å². The van der Waals surface area contributed by atoms with Crippen LogP contribution in [0.15, 0.2) is 24.4 Å². The molecule has 0 aromatic heterocycles. The second-order valence-corrected chi connectivity index (χ2v) is 2.84. The Balaban J connectivity index is 2.40. The van der Waals surface area contributed by atoms with Gasteiger partial charge in [0.05, 0.1) is 6.04 Å². The molecule has 11 heavy (non-hydrogen) atoms. The van der Waals surface area contributed by atoms with Crippen LogP contribution in [0.5, 0.6) is 0 Å². The fourth-order valence-electron chi connectivity index (χ4n) is 0.878. The van der Waals surface area contributed by atoms with Gasteiger partial charge in [0.15, 0.2) is 0 Å². The lowest BCUT2D eigenvalue weighted by Crippen LogP contribution is -2.57. The molecule has 1 fully saturated rings. The average Bonchev–Trinajstić information content (AvgIpc) is 1.83. The van der Waals surface area contributed by atoms with Crippen molar-refractivity contribution in [3.63, 3.8) is 0 Å². The van der Waals surface area contributed by atoms with Crippen LogP contribution >= 0.6 is 0 Å². The first-order valence-corrected chi connectivity index (χ1v) is 3.78. The van der Waals surface area contributed by atoms with Crippen LogP contribution in [0.3, 0.4) is 0 Å². The van der Waals surface area contributed by atoms with E-state index in [2.05, 4.69) is 11.9 Å². The first-order valence-electron chi connectivity index (χ1n) is 3.78. The van der Waals surface area contributed by atoms with Gasteiger partial charge in [-0.2, -0.15) is 0 Å². The third kappa shape index (κ3) is 2.06. The zero-order chi connectivity index (χ0) is 8.27. The van der Waals surface area contributed by atoms with E-state index >= 15 is 0 Å². The summed E-state index contributed by atoms with van der Waals surface area (Å²) in [7, 11) is 0. The van der Waals surface area contributed by atoms with Gasteiger partial charge < -0.3 is 10.3 Å². The topological polar surface area (TPSA) is 41.3 Å². The summed E-state index contributed by atoms with van der Waals surface area (Å²) in [5.74, 6) is 5.72. The van der Waals surface area contributed by atoms with Crippen molar-refractivity contribution in [2.45, 2.75) is 13.0 Å². The normalized spacial score (nSPS) is 19.3. The standard InChI is InChI=1S/C8H15N3/c1-3-7(2)6-11(9)8-4-10-5-8/h3,6,8,10H,1,4-5,9H2,2H3/b7-6-. The molecule has 3 nitrogen and oxygen atoms in total. The highest BCUT2D eigenvalue weighted by atomic mass is 15.4. The molecule has 3 N–H and O–H groups in total. The van der Waals surface area contributed by atoms with Gasteiger partial charge in [0.25, 0.3) is 0 Å². The largest absolute Gasteiger partial charge is 0.312 e. The van der Waals surface area contributed by atoms with Crippen LogP contribution in [-0.4, -0.2) is 24.1 Å². The molecule has 0 aliphatic carbocycles. The maximum atomic E-state index is 5.72. The second kappa shape index (κ2) is 3.55. The number of allylic oxidation sites excluding steroid dienone is 2. The van der Waals surface area contributed by atoms with Gasteiger partial charge >= 0.3 is 0 Å². The van der Waals surface area contributed by atoms with Gasteiger partial charge in [0, 0.05) is 19.3 Å². The lowest BCUT2D eigenvalue weighted by atomic mass is 10.2. The smallest absolute Gasteiger partial charge is 0.0694 e. The predicted molar refractivity (Wildman–Crippen MR) is 46.6 cm³/mol. The van der Waals surface area contributed by atoms with Crippen LogP contribution in [0.1, 0.15) is 6.92 Å². The summed E-state index contributed by atoms with van der Waals surface area (Å²) in [6, 6.07) is 0.463. The monoisotopic (exact) mass is 153 g/mol. The second-order valence-electron chi connectivity index (χ2n) is 2.84. The van der Waals surface area contributed by atoms with E-state index < -0.39 is 0 Å². The number of hydrazine groups is 1. The lowest BCUT2D eigenvalue weighted by molar-refractivity contribution is 0.209. The maximum Gasteiger partial charge on any atom is 0.0694 e. The third-order valence-electron chi connectivity index (χ3n) is 1.86. The predicted octanol–water partition coefficient (Wildman–Crippen LogP) is 0.224. The average molecular weight is 153 g/mol. The highest BCUT2D eigenvalue weighted by molar-refractivity contribution is 5.12. The minimum atomic E-state index is 0.463. The first kappa shape index (κ1) is 8.30. The molecule has 0 unspecified atom stereocenters. The Bertz CT molecular complexity index is 170. The van der Waals surface area contributed by atoms with Gasteiger partial charge in [-0.15, -0.1) is 0 Å².